The summed E-state index contributed by atoms with van der Waals surface area (Å²) < 4.78 is 10.8. The Morgan fingerprint density at radius 1 is 1.18 bits per heavy atom. The zero-order valence-electron chi connectivity index (χ0n) is 15.8. The largest absolute Gasteiger partial charge is 0.482 e. The van der Waals surface area contributed by atoms with Crippen molar-refractivity contribution in [3.8, 4) is 17.0 Å². The molecule has 2 aromatic carbocycles. The molecule has 0 aliphatic carbocycles. The second kappa shape index (κ2) is 8.54. The van der Waals surface area contributed by atoms with E-state index in [-0.39, 0.29) is 12.5 Å². The molecule has 1 aliphatic rings. The molecule has 0 saturated carbocycles. The molecule has 4 rings (SSSR count). The van der Waals surface area contributed by atoms with Gasteiger partial charge < -0.3 is 14.4 Å². The van der Waals surface area contributed by atoms with E-state index in [9.17, 15) is 4.79 Å². The van der Waals surface area contributed by atoms with E-state index in [1.54, 1.807) is 18.4 Å². The summed E-state index contributed by atoms with van der Waals surface area (Å²) in [4.78, 5) is 19.0. The predicted molar refractivity (Wildman–Crippen MR) is 111 cm³/mol. The minimum atomic E-state index is -0.0142. The number of nitrogens with zero attached hydrogens (tertiary/aromatic N) is 2. The summed E-state index contributed by atoms with van der Waals surface area (Å²) in [6.45, 7) is 1.37. The van der Waals surface area contributed by atoms with Crippen LogP contribution in [0.5, 0.6) is 5.75 Å². The molecular weight excluding hydrogens is 372 g/mol. The molecule has 0 fully saturated rings. The van der Waals surface area contributed by atoms with E-state index in [1.807, 2.05) is 46.7 Å². The van der Waals surface area contributed by atoms with Crippen molar-refractivity contribution in [2.75, 3.05) is 31.8 Å². The van der Waals surface area contributed by atoms with Crippen LogP contribution in [0.15, 0.2) is 53.9 Å². The highest BCUT2D eigenvalue weighted by Crippen LogP contribution is 2.36. The van der Waals surface area contributed by atoms with Crippen molar-refractivity contribution in [2.24, 2.45) is 0 Å². The summed E-state index contributed by atoms with van der Waals surface area (Å²) >= 11 is 1.63. The van der Waals surface area contributed by atoms with Crippen molar-refractivity contribution < 1.29 is 14.3 Å². The molecule has 2 heterocycles. The summed E-state index contributed by atoms with van der Waals surface area (Å²) in [6, 6.07) is 16.1. The number of hydrogen-bond acceptors (Lipinski definition) is 5. The lowest BCUT2D eigenvalue weighted by Gasteiger charge is -2.29. The summed E-state index contributed by atoms with van der Waals surface area (Å²) in [5.41, 5.74) is 3.93. The number of carbonyl (C=O) groups is 1. The van der Waals surface area contributed by atoms with Gasteiger partial charge in [0.2, 0.25) is 0 Å². The van der Waals surface area contributed by atoms with Gasteiger partial charge in [0.15, 0.2) is 6.61 Å². The van der Waals surface area contributed by atoms with Gasteiger partial charge in [-0.05, 0) is 30.2 Å². The number of aromatic nitrogens is 1. The van der Waals surface area contributed by atoms with E-state index in [2.05, 4.69) is 12.1 Å². The quantitative estimate of drug-likeness (QED) is 0.609. The van der Waals surface area contributed by atoms with Crippen molar-refractivity contribution in [3.63, 3.8) is 0 Å². The predicted octanol–water partition coefficient (Wildman–Crippen LogP) is 3.97. The van der Waals surface area contributed by atoms with Gasteiger partial charge in [-0.1, -0.05) is 30.3 Å². The van der Waals surface area contributed by atoms with Gasteiger partial charge in [-0.2, -0.15) is 0 Å². The van der Waals surface area contributed by atoms with Crippen LogP contribution < -0.4 is 9.64 Å². The van der Waals surface area contributed by atoms with Gasteiger partial charge in [0.1, 0.15) is 5.75 Å². The number of anilines is 1. The first-order valence-electron chi connectivity index (χ1n) is 9.29. The van der Waals surface area contributed by atoms with Crippen LogP contribution in [0.25, 0.3) is 11.3 Å². The monoisotopic (exact) mass is 394 g/mol. The number of carbonyl (C=O) groups excluding carboxylic acids is 1. The third kappa shape index (κ3) is 4.08. The van der Waals surface area contributed by atoms with Gasteiger partial charge >= 0.3 is 0 Å². The molecule has 28 heavy (non-hydrogen) atoms. The van der Waals surface area contributed by atoms with Crippen molar-refractivity contribution in [1.29, 1.82) is 0 Å². The van der Waals surface area contributed by atoms with Crippen LogP contribution in [-0.4, -0.2) is 37.8 Å². The van der Waals surface area contributed by atoms with Crippen LogP contribution in [0.3, 0.4) is 0 Å². The highest BCUT2D eigenvalue weighted by atomic mass is 32.1. The normalized spacial score (nSPS) is 13.3. The first kappa shape index (κ1) is 18.7. The fourth-order valence-electron chi connectivity index (χ4n) is 3.24. The number of fused-ring (bicyclic) bond motifs is 1. The van der Waals surface area contributed by atoms with Crippen molar-refractivity contribution in [1.82, 2.24) is 4.98 Å². The number of thiazole rings is 1. The highest BCUT2D eigenvalue weighted by molar-refractivity contribution is 7.09. The average molecular weight is 394 g/mol. The van der Waals surface area contributed by atoms with Crippen LogP contribution >= 0.6 is 11.3 Å². The van der Waals surface area contributed by atoms with Crippen LogP contribution in [0, 0.1) is 0 Å². The molecule has 1 amide bonds. The number of benzene rings is 2. The maximum absolute atomic E-state index is 12.5. The Labute approximate surface area is 168 Å². The minimum Gasteiger partial charge on any atom is -0.482 e. The van der Waals surface area contributed by atoms with E-state index in [1.165, 1.54) is 5.56 Å². The number of amides is 1. The molecule has 0 radical (unpaired) electrons. The molecule has 0 saturated heterocycles. The summed E-state index contributed by atoms with van der Waals surface area (Å²) in [5.74, 6) is 0.728. The molecule has 0 atom stereocenters. The molecule has 5 nitrogen and oxygen atoms in total. The fraction of sp³-hybridized carbons (Fsp3) is 0.273. The van der Waals surface area contributed by atoms with E-state index < -0.39 is 0 Å². The highest BCUT2D eigenvalue weighted by Gasteiger charge is 2.26. The number of methoxy groups -OCH3 is 1. The molecule has 1 aliphatic heterocycles. The average Bonchev–Trinajstić information content (AvgIpc) is 3.21. The van der Waals surface area contributed by atoms with Crippen LogP contribution in [0.2, 0.25) is 0 Å². The topological polar surface area (TPSA) is 51.7 Å². The van der Waals surface area contributed by atoms with Crippen LogP contribution in [0.4, 0.5) is 5.69 Å². The maximum atomic E-state index is 12.5. The van der Waals surface area contributed by atoms with Crippen molar-refractivity contribution in [2.45, 2.75) is 12.8 Å². The van der Waals surface area contributed by atoms with E-state index in [0.717, 1.165) is 40.5 Å². The molecule has 3 aromatic rings. The fourth-order valence-corrected chi connectivity index (χ4v) is 4.03. The Hall–Kier alpha value is -2.70. The van der Waals surface area contributed by atoms with Crippen molar-refractivity contribution in [3.05, 3.63) is 64.5 Å². The van der Waals surface area contributed by atoms with E-state index >= 15 is 0 Å². The lowest BCUT2D eigenvalue weighted by Crippen LogP contribution is -2.40. The SMILES string of the molecule is COCCc1nc(-c2ccc3c(c2)N(CCc2ccccc2)C(=O)CO3)cs1. The molecule has 0 bridgehead atoms. The first-order chi connectivity index (χ1) is 13.7. The third-order valence-corrected chi connectivity index (χ3v) is 5.65. The Morgan fingerprint density at radius 2 is 2.04 bits per heavy atom. The van der Waals surface area contributed by atoms with Gasteiger partial charge in [-0.3, -0.25) is 4.79 Å². The number of rotatable bonds is 7. The Morgan fingerprint density at radius 3 is 2.86 bits per heavy atom. The van der Waals surface area contributed by atoms with Crippen LogP contribution in [0.1, 0.15) is 10.6 Å². The first-order valence-corrected chi connectivity index (χ1v) is 10.2. The lowest BCUT2D eigenvalue weighted by molar-refractivity contribution is -0.121. The zero-order valence-corrected chi connectivity index (χ0v) is 16.6. The Kier molecular flexibility index (Phi) is 5.69. The Bertz CT molecular complexity index is 955. The van der Waals surface area contributed by atoms with Gasteiger partial charge in [-0.25, -0.2) is 4.98 Å². The minimum absolute atomic E-state index is 0.0142. The smallest absolute Gasteiger partial charge is 0.265 e. The summed E-state index contributed by atoms with van der Waals surface area (Å²) in [5, 5.41) is 3.09. The summed E-state index contributed by atoms with van der Waals surface area (Å²) in [7, 11) is 1.69. The second-order valence-electron chi connectivity index (χ2n) is 6.62. The summed E-state index contributed by atoms with van der Waals surface area (Å²) in [6.07, 6.45) is 1.60. The van der Waals surface area contributed by atoms with Crippen molar-refractivity contribution >= 4 is 22.9 Å². The van der Waals surface area contributed by atoms with Gasteiger partial charge in [0, 0.05) is 31.0 Å². The van der Waals surface area contributed by atoms with Gasteiger partial charge in [0.05, 0.1) is 23.0 Å². The molecule has 0 spiro atoms. The maximum Gasteiger partial charge on any atom is 0.265 e. The molecule has 144 valence electrons. The van der Waals surface area contributed by atoms with Crippen LogP contribution in [-0.2, 0) is 22.4 Å². The number of hydrogen-bond donors (Lipinski definition) is 0. The molecule has 1 aromatic heterocycles. The number of ether oxygens (including phenoxy) is 2. The second-order valence-corrected chi connectivity index (χ2v) is 7.56. The van der Waals surface area contributed by atoms with Gasteiger partial charge in [-0.15, -0.1) is 11.3 Å². The molecule has 0 unspecified atom stereocenters. The van der Waals surface area contributed by atoms with E-state index in [4.69, 9.17) is 14.5 Å². The Balaban J connectivity index is 1.57. The van der Waals surface area contributed by atoms with Gasteiger partial charge in [0.25, 0.3) is 5.91 Å². The van der Waals surface area contributed by atoms with E-state index in [0.29, 0.717) is 13.2 Å². The lowest BCUT2D eigenvalue weighted by atomic mass is 10.1. The standard InChI is InChI=1S/C22H22N2O3S/c1-26-12-10-21-23-18(15-28-21)17-7-8-20-19(13-17)24(22(25)14-27-20)11-9-16-5-3-2-4-6-16/h2-8,13,15H,9-12,14H2,1H3. The molecule has 0 N–H and O–H groups in total. The third-order valence-electron chi connectivity index (χ3n) is 4.74. The zero-order chi connectivity index (χ0) is 19.3. The molecular formula is C22H22N2O3S. The molecule has 6 heteroatoms.